The third-order valence-electron chi connectivity index (χ3n) is 9.57. The lowest BCUT2D eigenvalue weighted by atomic mass is 9.84. The molecular weight excluding hydrogens is 664 g/mol. The number of nitrogens with one attached hydrogen (secondary N) is 1. The van der Waals surface area contributed by atoms with Gasteiger partial charge in [0.25, 0.3) is 0 Å². The smallest absolute Gasteiger partial charge is 0.342 e. The highest BCUT2D eigenvalue weighted by molar-refractivity contribution is 5.98. The number of Topliss-reactive ketones (excluding diaryl/α,β-unsaturated/α-hetero) is 1. The topological polar surface area (TPSA) is 146 Å². The molecule has 1 aliphatic rings. The Bertz CT molecular complexity index is 1940. The molecule has 11 nitrogen and oxygen atoms in total. The number of hydrogen-bond donors (Lipinski definition) is 3. The number of cyclic esters (lactones) is 1. The molecule has 0 spiro atoms. The molecule has 0 fully saturated rings. The van der Waals surface area contributed by atoms with Gasteiger partial charge in [0, 0.05) is 61.4 Å². The molecule has 4 aromatic rings. The van der Waals surface area contributed by atoms with Gasteiger partial charge in [-0.3, -0.25) is 9.59 Å². The first-order chi connectivity index (χ1) is 25.1. The second-order valence-corrected chi connectivity index (χ2v) is 13.2. The zero-order valence-electron chi connectivity index (χ0n) is 30.5. The van der Waals surface area contributed by atoms with Gasteiger partial charge < -0.3 is 39.0 Å². The number of methoxy groups -OCH3 is 3. The van der Waals surface area contributed by atoms with Crippen LogP contribution < -0.4 is 19.5 Å². The van der Waals surface area contributed by atoms with Crippen molar-refractivity contribution in [1.29, 1.82) is 0 Å². The van der Waals surface area contributed by atoms with Crippen molar-refractivity contribution in [3.05, 3.63) is 82.6 Å². The average molecular weight is 713 g/mol. The molecule has 0 saturated heterocycles. The maximum absolute atomic E-state index is 13.8. The second kappa shape index (κ2) is 17.2. The number of phenols is 2. The van der Waals surface area contributed by atoms with E-state index in [0.717, 1.165) is 16.5 Å². The summed E-state index contributed by atoms with van der Waals surface area (Å²) in [6, 6.07) is 12.8. The molecule has 1 amide bonds. The van der Waals surface area contributed by atoms with Crippen LogP contribution in [0.25, 0.3) is 17.0 Å². The summed E-state index contributed by atoms with van der Waals surface area (Å²) in [5.74, 6) is -1.79. The summed E-state index contributed by atoms with van der Waals surface area (Å²) in [7, 11) is 6.40. The number of rotatable bonds is 10. The summed E-state index contributed by atoms with van der Waals surface area (Å²) < 4.78 is 24.6. The Kier molecular flexibility index (Phi) is 12.5. The number of phenolic OH excluding ortho intramolecular Hbond substituents is 2. The average Bonchev–Trinajstić information content (AvgIpc) is 3.44. The van der Waals surface area contributed by atoms with Crippen LogP contribution in [-0.2, 0) is 27.8 Å². The monoisotopic (exact) mass is 712 g/mol. The van der Waals surface area contributed by atoms with Gasteiger partial charge in [0.2, 0.25) is 11.7 Å². The third kappa shape index (κ3) is 8.53. The highest BCUT2D eigenvalue weighted by Gasteiger charge is 2.32. The fourth-order valence-electron chi connectivity index (χ4n) is 6.93. The van der Waals surface area contributed by atoms with Crippen LogP contribution in [0, 0.1) is 0 Å². The number of fused-ring (bicyclic) bond motifs is 2. The van der Waals surface area contributed by atoms with E-state index in [1.54, 1.807) is 31.2 Å². The van der Waals surface area contributed by atoms with E-state index in [1.165, 1.54) is 27.4 Å². The van der Waals surface area contributed by atoms with Crippen molar-refractivity contribution in [2.24, 2.45) is 7.05 Å². The van der Waals surface area contributed by atoms with Gasteiger partial charge >= 0.3 is 5.97 Å². The predicted octanol–water partition coefficient (Wildman–Crippen LogP) is 6.98. The fraction of sp³-hybridized carbons (Fsp3) is 0.390. The van der Waals surface area contributed by atoms with Crippen LogP contribution in [0.4, 0.5) is 0 Å². The number of aromatic hydroxyl groups is 2. The minimum Gasteiger partial charge on any atom is -0.507 e. The third-order valence-corrected chi connectivity index (χ3v) is 9.57. The van der Waals surface area contributed by atoms with Crippen LogP contribution in [0.15, 0.2) is 54.7 Å². The van der Waals surface area contributed by atoms with E-state index < -0.39 is 23.7 Å². The number of esters is 1. The molecule has 0 aliphatic carbocycles. The molecule has 5 rings (SSSR count). The molecule has 0 bridgehead atoms. The van der Waals surface area contributed by atoms with Gasteiger partial charge in [0.15, 0.2) is 11.5 Å². The van der Waals surface area contributed by atoms with Gasteiger partial charge in [-0.25, -0.2) is 4.79 Å². The van der Waals surface area contributed by atoms with Crippen molar-refractivity contribution < 1.29 is 43.5 Å². The predicted molar refractivity (Wildman–Crippen MR) is 199 cm³/mol. The number of benzene rings is 3. The van der Waals surface area contributed by atoms with Crippen LogP contribution in [0.5, 0.6) is 28.7 Å². The van der Waals surface area contributed by atoms with Gasteiger partial charge in [-0.05, 0) is 80.0 Å². The molecule has 2 heterocycles. The SMILES string of the molecule is COc1cc(C(CC(=O)NCCc2cn(C)c3ccccc23)c2c(O)cc3c(c2O)C(=O)OC(C)CCCC(=O)CCCC=C3)cc(OC)c1OC. The summed E-state index contributed by atoms with van der Waals surface area (Å²) in [6.07, 6.45) is 8.43. The van der Waals surface area contributed by atoms with E-state index >= 15 is 0 Å². The highest BCUT2D eigenvalue weighted by Crippen LogP contribution is 2.47. The molecule has 0 saturated carbocycles. The Hall–Kier alpha value is -5.45. The minimum absolute atomic E-state index is 0.0260. The molecule has 11 heteroatoms. The van der Waals surface area contributed by atoms with E-state index in [4.69, 9.17) is 18.9 Å². The Morgan fingerprint density at radius 1 is 1.02 bits per heavy atom. The first-order valence-electron chi connectivity index (χ1n) is 17.6. The number of hydrogen-bond acceptors (Lipinski definition) is 9. The molecule has 2 unspecified atom stereocenters. The highest BCUT2D eigenvalue weighted by atomic mass is 16.5. The van der Waals surface area contributed by atoms with Crippen LogP contribution in [0.3, 0.4) is 0 Å². The van der Waals surface area contributed by atoms with Crippen LogP contribution >= 0.6 is 0 Å². The standard InChI is InChI=1S/C41H48N2O9/c1-25-12-11-15-29(44)14-8-6-7-13-26-20-33(45)38(39(47)37(26)41(48)52-25)31(28-21-34(49-3)40(51-5)35(22-28)50-4)23-36(46)42-19-18-27-24-43(2)32-17-10-9-16-30(27)32/h7,9-10,13,16-17,20-22,24-25,31,45,47H,6,8,11-12,14-15,18-19,23H2,1-5H3,(H,42,46). The Morgan fingerprint density at radius 2 is 1.73 bits per heavy atom. The molecule has 1 aromatic heterocycles. The van der Waals surface area contributed by atoms with E-state index in [9.17, 15) is 24.6 Å². The first kappa shape index (κ1) is 37.8. The zero-order valence-corrected chi connectivity index (χ0v) is 30.5. The zero-order chi connectivity index (χ0) is 37.4. The van der Waals surface area contributed by atoms with Gasteiger partial charge in [-0.2, -0.15) is 0 Å². The number of amides is 1. The molecular formula is C41H48N2O9. The Morgan fingerprint density at radius 3 is 2.44 bits per heavy atom. The van der Waals surface area contributed by atoms with Crippen LogP contribution in [0.1, 0.15) is 90.4 Å². The maximum atomic E-state index is 13.8. The van der Waals surface area contributed by atoms with Crippen LogP contribution in [0.2, 0.25) is 0 Å². The van der Waals surface area contributed by atoms with E-state index in [0.29, 0.717) is 74.3 Å². The number of aromatic nitrogens is 1. The van der Waals surface area contributed by atoms with Crippen molar-refractivity contribution in [2.45, 2.75) is 70.3 Å². The molecule has 2 atom stereocenters. The molecule has 3 aromatic carbocycles. The fourth-order valence-corrected chi connectivity index (χ4v) is 6.93. The number of ether oxygens (including phenoxy) is 4. The number of para-hydroxylation sites is 1. The summed E-state index contributed by atoms with van der Waals surface area (Å²) in [5.41, 5.74) is 2.75. The van der Waals surface area contributed by atoms with E-state index in [1.807, 2.05) is 25.2 Å². The van der Waals surface area contributed by atoms with Gasteiger partial charge in [0.05, 0.1) is 27.4 Å². The molecule has 3 N–H and O–H groups in total. The lowest BCUT2D eigenvalue weighted by Crippen LogP contribution is -2.27. The Labute approximate surface area is 304 Å². The summed E-state index contributed by atoms with van der Waals surface area (Å²) in [5, 5.41) is 27.7. The number of carbonyl (C=O) groups excluding carboxylic acids is 3. The molecule has 1 aliphatic heterocycles. The molecule has 276 valence electrons. The summed E-state index contributed by atoms with van der Waals surface area (Å²) in [4.78, 5) is 39.8. The van der Waals surface area contributed by atoms with E-state index in [-0.39, 0.29) is 40.6 Å². The number of ketones is 1. The largest absolute Gasteiger partial charge is 0.507 e. The van der Waals surface area contributed by atoms with Crippen LogP contribution in [-0.4, -0.2) is 66.4 Å². The first-order valence-corrected chi connectivity index (χ1v) is 17.6. The Balaban J connectivity index is 1.55. The second-order valence-electron chi connectivity index (χ2n) is 13.2. The normalized spacial score (nSPS) is 16.1. The van der Waals surface area contributed by atoms with Gasteiger partial charge in [0.1, 0.15) is 22.8 Å². The minimum atomic E-state index is -0.968. The summed E-state index contributed by atoms with van der Waals surface area (Å²) >= 11 is 0. The molecule has 0 radical (unpaired) electrons. The summed E-state index contributed by atoms with van der Waals surface area (Å²) in [6.45, 7) is 2.08. The maximum Gasteiger partial charge on any atom is 0.342 e. The quantitative estimate of drug-likeness (QED) is 0.148. The van der Waals surface area contributed by atoms with Crippen molar-refractivity contribution in [3.8, 4) is 28.7 Å². The number of nitrogens with zero attached hydrogens (tertiary/aromatic N) is 1. The number of carbonyl (C=O) groups is 3. The van der Waals surface area contributed by atoms with E-state index in [2.05, 4.69) is 22.1 Å². The number of aryl methyl sites for hydroxylation is 1. The van der Waals surface area contributed by atoms with Gasteiger partial charge in [-0.15, -0.1) is 0 Å². The lowest BCUT2D eigenvalue weighted by Gasteiger charge is -2.24. The van der Waals surface area contributed by atoms with Crippen molar-refractivity contribution >= 4 is 34.6 Å². The molecule has 52 heavy (non-hydrogen) atoms. The van der Waals surface area contributed by atoms with Crippen molar-refractivity contribution in [2.75, 3.05) is 27.9 Å². The number of allylic oxidation sites excluding steroid dienone is 1. The van der Waals surface area contributed by atoms with Crippen molar-refractivity contribution in [1.82, 2.24) is 9.88 Å². The lowest BCUT2D eigenvalue weighted by molar-refractivity contribution is -0.121. The van der Waals surface area contributed by atoms with Crippen molar-refractivity contribution in [3.63, 3.8) is 0 Å². The van der Waals surface area contributed by atoms with Gasteiger partial charge in [-0.1, -0.05) is 30.4 Å².